The normalized spacial score (nSPS) is 12.6. The summed E-state index contributed by atoms with van der Waals surface area (Å²) in [7, 11) is 0. The van der Waals surface area contributed by atoms with E-state index in [-0.39, 0.29) is 5.75 Å². The van der Waals surface area contributed by atoms with Crippen LogP contribution in [0.1, 0.15) is 51.0 Å². The number of pyridine rings is 1. The predicted molar refractivity (Wildman–Crippen MR) is 85.3 cm³/mol. The van der Waals surface area contributed by atoms with Crippen molar-refractivity contribution in [3.05, 3.63) is 27.7 Å². The van der Waals surface area contributed by atoms with Gasteiger partial charge >= 0.3 is 5.97 Å². The van der Waals surface area contributed by atoms with E-state index in [1.807, 2.05) is 0 Å². The van der Waals surface area contributed by atoms with E-state index in [4.69, 9.17) is 0 Å². The van der Waals surface area contributed by atoms with Gasteiger partial charge in [-0.05, 0) is 39.8 Å². The van der Waals surface area contributed by atoms with Crippen molar-refractivity contribution in [3.8, 4) is 5.75 Å². The van der Waals surface area contributed by atoms with Gasteiger partial charge in [0, 0.05) is 18.3 Å². The minimum atomic E-state index is -0.995. The highest BCUT2D eigenvalue weighted by atomic mass is 16.4. The molecule has 0 saturated carbocycles. The number of carboxylic acids is 1. The van der Waals surface area contributed by atoms with Crippen molar-refractivity contribution in [2.45, 2.75) is 53.1 Å². The summed E-state index contributed by atoms with van der Waals surface area (Å²) in [4.78, 5) is 25.3. The van der Waals surface area contributed by atoms with Crippen molar-refractivity contribution < 1.29 is 15.0 Å². The Morgan fingerprint density at radius 1 is 1.32 bits per heavy atom. The van der Waals surface area contributed by atoms with Crippen LogP contribution in [0.15, 0.2) is 10.9 Å². The molecule has 0 aliphatic rings. The van der Waals surface area contributed by atoms with Gasteiger partial charge in [-0.15, -0.1) is 0 Å². The Kier molecular flexibility index (Phi) is 6.61. The number of aryl methyl sites for hydroxylation is 1. The highest BCUT2D eigenvalue weighted by Crippen LogP contribution is 2.22. The minimum absolute atomic E-state index is 0.351. The van der Waals surface area contributed by atoms with Gasteiger partial charge in [0.2, 0.25) is 5.43 Å². The van der Waals surface area contributed by atoms with Gasteiger partial charge in [0.05, 0.1) is 5.69 Å². The molecule has 124 valence electrons. The molecule has 0 aliphatic carbocycles. The van der Waals surface area contributed by atoms with Gasteiger partial charge in [-0.1, -0.05) is 13.8 Å². The second-order valence-corrected chi connectivity index (χ2v) is 5.61. The number of carbonyl (C=O) groups is 1. The molecule has 6 heteroatoms. The number of aliphatic carboxylic acids is 1. The number of hydrogen-bond donors (Lipinski definition) is 2. The molecular weight excluding hydrogens is 284 g/mol. The second kappa shape index (κ2) is 7.98. The fourth-order valence-electron chi connectivity index (χ4n) is 2.71. The Hall–Kier alpha value is -1.82. The molecule has 0 bridgehead atoms. The molecule has 1 rings (SSSR count). The van der Waals surface area contributed by atoms with Crippen LogP contribution in [0.4, 0.5) is 0 Å². The second-order valence-electron chi connectivity index (χ2n) is 5.61. The van der Waals surface area contributed by atoms with E-state index >= 15 is 0 Å². The van der Waals surface area contributed by atoms with Crippen molar-refractivity contribution in [3.63, 3.8) is 0 Å². The standard InChI is InChI=1S/C16H26N2O4/c1-5-7-17(8-6-2)10-13-15(20)14(19)9-11(3)18(13)12(4)16(21)22/h9,12,20H,5-8,10H2,1-4H3,(H,21,22). The van der Waals surface area contributed by atoms with E-state index in [1.54, 1.807) is 13.8 Å². The van der Waals surface area contributed by atoms with Crippen LogP contribution in [0.3, 0.4) is 0 Å². The zero-order valence-corrected chi connectivity index (χ0v) is 13.8. The average Bonchev–Trinajstić information content (AvgIpc) is 2.44. The van der Waals surface area contributed by atoms with Crippen LogP contribution in [0.2, 0.25) is 0 Å². The molecule has 1 aromatic heterocycles. The van der Waals surface area contributed by atoms with Crippen LogP contribution < -0.4 is 5.43 Å². The molecule has 1 heterocycles. The number of hydrogen-bond acceptors (Lipinski definition) is 4. The third-order valence-electron chi connectivity index (χ3n) is 3.72. The lowest BCUT2D eigenvalue weighted by Crippen LogP contribution is -2.31. The monoisotopic (exact) mass is 310 g/mol. The Morgan fingerprint density at radius 3 is 2.32 bits per heavy atom. The number of aromatic nitrogens is 1. The highest BCUT2D eigenvalue weighted by molar-refractivity contribution is 5.71. The van der Waals surface area contributed by atoms with Gasteiger partial charge in [-0.2, -0.15) is 0 Å². The smallest absolute Gasteiger partial charge is 0.326 e. The van der Waals surface area contributed by atoms with Crippen LogP contribution in [0, 0.1) is 6.92 Å². The van der Waals surface area contributed by atoms with Crippen LogP contribution in [-0.2, 0) is 11.3 Å². The lowest BCUT2D eigenvalue weighted by atomic mass is 10.2. The summed E-state index contributed by atoms with van der Waals surface area (Å²) in [5.41, 5.74) is 0.455. The molecule has 1 aromatic rings. The van der Waals surface area contributed by atoms with E-state index in [0.717, 1.165) is 25.9 Å². The number of rotatable bonds is 8. The van der Waals surface area contributed by atoms with E-state index in [1.165, 1.54) is 10.6 Å². The van der Waals surface area contributed by atoms with Crippen LogP contribution in [0.25, 0.3) is 0 Å². The van der Waals surface area contributed by atoms with Gasteiger partial charge in [-0.3, -0.25) is 9.69 Å². The van der Waals surface area contributed by atoms with E-state index in [2.05, 4.69) is 18.7 Å². The van der Waals surface area contributed by atoms with Gasteiger partial charge in [-0.25, -0.2) is 4.79 Å². The Labute approximate surface area is 131 Å². The lowest BCUT2D eigenvalue weighted by molar-refractivity contribution is -0.140. The summed E-state index contributed by atoms with van der Waals surface area (Å²) in [6.07, 6.45) is 1.90. The zero-order chi connectivity index (χ0) is 16.9. The first-order valence-corrected chi connectivity index (χ1v) is 7.72. The maximum Gasteiger partial charge on any atom is 0.326 e. The van der Waals surface area contributed by atoms with Gasteiger partial charge in [0.25, 0.3) is 0 Å². The third-order valence-corrected chi connectivity index (χ3v) is 3.72. The van der Waals surface area contributed by atoms with Crippen molar-refractivity contribution in [2.75, 3.05) is 13.1 Å². The van der Waals surface area contributed by atoms with Crippen molar-refractivity contribution in [1.82, 2.24) is 9.47 Å². The van der Waals surface area contributed by atoms with Gasteiger partial charge < -0.3 is 14.8 Å². The first-order chi connectivity index (χ1) is 10.3. The lowest BCUT2D eigenvalue weighted by Gasteiger charge is -2.26. The molecule has 1 atom stereocenters. The average molecular weight is 310 g/mol. The van der Waals surface area contributed by atoms with Gasteiger partial charge in [0.15, 0.2) is 5.75 Å². The molecule has 2 N–H and O–H groups in total. The molecule has 0 amide bonds. The minimum Gasteiger partial charge on any atom is -0.503 e. The van der Waals surface area contributed by atoms with Crippen LogP contribution in [0.5, 0.6) is 5.75 Å². The molecule has 0 radical (unpaired) electrons. The molecule has 0 fully saturated rings. The molecule has 0 spiro atoms. The first-order valence-electron chi connectivity index (χ1n) is 7.72. The number of carboxylic acid groups (broad SMARTS) is 1. The van der Waals surface area contributed by atoms with Gasteiger partial charge in [0.1, 0.15) is 6.04 Å². The molecule has 22 heavy (non-hydrogen) atoms. The van der Waals surface area contributed by atoms with E-state index < -0.39 is 17.4 Å². The molecule has 0 aromatic carbocycles. The van der Waals surface area contributed by atoms with Crippen LogP contribution >= 0.6 is 0 Å². The summed E-state index contributed by atoms with van der Waals surface area (Å²) < 4.78 is 1.54. The summed E-state index contributed by atoms with van der Waals surface area (Å²) in [5, 5.41) is 19.5. The fourth-order valence-corrected chi connectivity index (χ4v) is 2.71. The van der Waals surface area contributed by atoms with Crippen molar-refractivity contribution in [1.29, 1.82) is 0 Å². The molecule has 6 nitrogen and oxygen atoms in total. The zero-order valence-electron chi connectivity index (χ0n) is 13.8. The molecule has 0 saturated heterocycles. The quantitative estimate of drug-likeness (QED) is 0.768. The molecule has 1 unspecified atom stereocenters. The summed E-state index contributed by atoms with van der Waals surface area (Å²) >= 11 is 0. The summed E-state index contributed by atoms with van der Waals surface area (Å²) in [5.74, 6) is -1.35. The maximum absolute atomic E-state index is 11.9. The number of nitrogens with zero attached hydrogens (tertiary/aromatic N) is 2. The maximum atomic E-state index is 11.9. The van der Waals surface area contributed by atoms with E-state index in [9.17, 15) is 19.8 Å². The SMILES string of the molecule is CCCN(CCC)Cc1c(O)c(=O)cc(C)n1C(C)C(=O)O. The topological polar surface area (TPSA) is 82.8 Å². The predicted octanol–water partition coefficient (Wildman–Crippen LogP) is 2.13. The first kappa shape index (κ1) is 18.2. The fraction of sp³-hybridized carbons (Fsp3) is 0.625. The summed E-state index contributed by atoms with van der Waals surface area (Å²) in [6.45, 7) is 9.38. The number of aromatic hydroxyl groups is 1. The Bertz CT molecular complexity index is 574. The Morgan fingerprint density at radius 2 is 1.86 bits per heavy atom. The molecular formula is C16H26N2O4. The molecule has 0 aliphatic heterocycles. The van der Waals surface area contributed by atoms with E-state index in [0.29, 0.717) is 17.9 Å². The summed E-state index contributed by atoms with van der Waals surface area (Å²) in [6, 6.07) is 0.439. The van der Waals surface area contributed by atoms with Crippen LogP contribution in [-0.4, -0.2) is 38.7 Å². The highest BCUT2D eigenvalue weighted by Gasteiger charge is 2.22. The van der Waals surface area contributed by atoms with Crippen molar-refractivity contribution >= 4 is 5.97 Å². The largest absolute Gasteiger partial charge is 0.503 e. The Balaban J connectivity index is 3.36. The van der Waals surface area contributed by atoms with Crippen molar-refractivity contribution in [2.24, 2.45) is 0 Å². The third kappa shape index (κ3) is 4.10.